The van der Waals surface area contributed by atoms with Gasteiger partial charge in [-0.1, -0.05) is 0 Å². The number of carboxylic acid groups (broad SMARTS) is 1. The largest absolute Gasteiger partial charge is 0.494 e. The number of fused-ring (bicyclic) bond motifs is 1. The minimum Gasteiger partial charge on any atom is -0.494 e. The molecule has 0 aromatic heterocycles. The number of hydrogen-bond acceptors (Lipinski definition) is 7. The highest BCUT2D eigenvalue weighted by Crippen LogP contribution is 2.25. The molecule has 0 bridgehead atoms. The fourth-order valence-electron chi connectivity index (χ4n) is 2.88. The average molecular weight is 361 g/mol. The van der Waals surface area contributed by atoms with Gasteiger partial charge in [0.05, 0.1) is 6.61 Å². The van der Waals surface area contributed by atoms with Crippen molar-refractivity contribution in [2.24, 2.45) is 4.99 Å². The predicted octanol–water partition coefficient (Wildman–Crippen LogP) is 0.130. The van der Waals surface area contributed by atoms with Crippen molar-refractivity contribution in [3.05, 3.63) is 24.3 Å². The van der Waals surface area contributed by atoms with Crippen molar-refractivity contribution in [2.45, 2.75) is 19.1 Å². The highest BCUT2D eigenvalue weighted by molar-refractivity contribution is 6.06. The number of likely N-dealkylation sites (N-methyl/N-ethyl adjacent to an activating group) is 1. The van der Waals surface area contributed by atoms with E-state index >= 15 is 0 Å². The summed E-state index contributed by atoms with van der Waals surface area (Å²) in [6.45, 7) is 2.00. The summed E-state index contributed by atoms with van der Waals surface area (Å²) in [5.74, 6) is -0.777. The van der Waals surface area contributed by atoms with Crippen LogP contribution in [0.25, 0.3) is 0 Å². The van der Waals surface area contributed by atoms with Crippen molar-refractivity contribution in [3.8, 4) is 5.75 Å². The van der Waals surface area contributed by atoms with E-state index in [9.17, 15) is 19.5 Å². The summed E-state index contributed by atoms with van der Waals surface area (Å²) in [4.78, 5) is 42.2. The van der Waals surface area contributed by atoms with Crippen molar-refractivity contribution in [2.75, 3.05) is 25.5 Å². The summed E-state index contributed by atoms with van der Waals surface area (Å²) < 4.78 is 5.38. The van der Waals surface area contributed by atoms with Gasteiger partial charge in [0.25, 0.3) is 5.91 Å². The minimum absolute atomic E-state index is 0.211. The number of aliphatic carboxylic acids is 1. The number of rotatable bonds is 5. The van der Waals surface area contributed by atoms with E-state index in [2.05, 4.69) is 15.6 Å². The van der Waals surface area contributed by atoms with Crippen LogP contribution in [0.4, 0.5) is 10.5 Å². The van der Waals surface area contributed by atoms with Gasteiger partial charge in [0, 0.05) is 12.7 Å². The van der Waals surface area contributed by atoms with Crippen LogP contribution in [0.3, 0.4) is 0 Å². The van der Waals surface area contributed by atoms with Gasteiger partial charge in [0.15, 0.2) is 12.2 Å². The lowest BCUT2D eigenvalue weighted by atomic mass is 10.1. The molecule has 0 spiro atoms. The molecule has 3 rings (SSSR count). The van der Waals surface area contributed by atoms with Crippen LogP contribution in [0.1, 0.15) is 6.92 Å². The Balaban J connectivity index is 1.86. The molecule has 10 nitrogen and oxygen atoms in total. The molecule has 2 unspecified atom stereocenters. The summed E-state index contributed by atoms with van der Waals surface area (Å²) >= 11 is 0. The topological polar surface area (TPSA) is 124 Å². The third kappa shape index (κ3) is 3.25. The van der Waals surface area contributed by atoms with Gasteiger partial charge in [0.1, 0.15) is 12.3 Å². The number of aliphatic imine (C=N–C) groups is 1. The lowest BCUT2D eigenvalue weighted by molar-refractivity contribution is -0.138. The Morgan fingerprint density at radius 3 is 2.65 bits per heavy atom. The zero-order chi connectivity index (χ0) is 18.8. The van der Waals surface area contributed by atoms with Gasteiger partial charge in [-0.3, -0.25) is 14.9 Å². The van der Waals surface area contributed by atoms with Crippen LogP contribution in [0.2, 0.25) is 0 Å². The summed E-state index contributed by atoms with van der Waals surface area (Å²) in [5.41, 5.74) is 0.649. The first-order chi connectivity index (χ1) is 12.4. The van der Waals surface area contributed by atoms with Gasteiger partial charge in [0.2, 0.25) is 5.96 Å². The van der Waals surface area contributed by atoms with E-state index in [0.717, 1.165) is 0 Å². The molecule has 0 saturated carbocycles. The Morgan fingerprint density at radius 1 is 1.35 bits per heavy atom. The SMILES string of the molecule is CCOc1ccc(NC2=NC3C(C(=O)NC(=O)N3C)N2CC(=O)O)cc1. The Bertz CT molecular complexity index is 763. The second kappa shape index (κ2) is 6.90. The van der Waals surface area contributed by atoms with Gasteiger partial charge in [-0.2, -0.15) is 0 Å². The predicted molar refractivity (Wildman–Crippen MR) is 91.9 cm³/mol. The van der Waals surface area contributed by atoms with Crippen LogP contribution in [-0.4, -0.2) is 71.2 Å². The zero-order valence-electron chi connectivity index (χ0n) is 14.3. The van der Waals surface area contributed by atoms with Crippen molar-refractivity contribution in [3.63, 3.8) is 0 Å². The molecule has 0 aliphatic carbocycles. The lowest BCUT2D eigenvalue weighted by Crippen LogP contribution is -2.64. The smallest absolute Gasteiger partial charge is 0.325 e. The zero-order valence-corrected chi connectivity index (χ0v) is 14.3. The molecule has 0 radical (unpaired) electrons. The Kier molecular flexibility index (Phi) is 4.65. The molecule has 2 aliphatic heterocycles. The molecule has 3 amide bonds. The molecule has 3 N–H and O–H groups in total. The first kappa shape index (κ1) is 17.5. The third-order valence-corrected chi connectivity index (χ3v) is 4.09. The number of carbonyl (C=O) groups is 3. The number of amides is 3. The molecule has 138 valence electrons. The molecule has 1 aromatic rings. The lowest BCUT2D eigenvalue weighted by Gasteiger charge is -2.35. The molecule has 2 aliphatic rings. The Labute approximate surface area is 149 Å². The molecule has 2 atom stereocenters. The first-order valence-electron chi connectivity index (χ1n) is 8.04. The number of nitrogens with zero attached hydrogens (tertiary/aromatic N) is 3. The molecule has 10 heteroatoms. The quantitative estimate of drug-likeness (QED) is 0.681. The minimum atomic E-state index is -1.11. The molecule has 2 heterocycles. The second-order valence-corrected chi connectivity index (χ2v) is 5.82. The number of hydrogen-bond donors (Lipinski definition) is 3. The maximum absolute atomic E-state index is 12.2. The van der Waals surface area contributed by atoms with E-state index in [1.165, 1.54) is 16.8 Å². The van der Waals surface area contributed by atoms with Crippen molar-refractivity contribution in [1.29, 1.82) is 0 Å². The normalized spacial score (nSPS) is 21.8. The van der Waals surface area contributed by atoms with Crippen LogP contribution >= 0.6 is 0 Å². The fraction of sp³-hybridized carbons (Fsp3) is 0.375. The Morgan fingerprint density at radius 2 is 2.04 bits per heavy atom. The highest BCUT2D eigenvalue weighted by Gasteiger charge is 2.49. The molecular formula is C16H19N5O5. The van der Waals surface area contributed by atoms with Crippen molar-refractivity contribution >= 4 is 29.6 Å². The number of carboxylic acids is 1. The van der Waals surface area contributed by atoms with E-state index in [1.807, 2.05) is 6.92 Å². The third-order valence-electron chi connectivity index (χ3n) is 4.09. The highest BCUT2D eigenvalue weighted by atomic mass is 16.5. The van der Waals surface area contributed by atoms with Gasteiger partial charge >= 0.3 is 12.0 Å². The number of nitrogens with one attached hydrogen (secondary N) is 2. The molecule has 26 heavy (non-hydrogen) atoms. The monoisotopic (exact) mass is 361 g/mol. The standard InChI is InChI=1S/C16H19N5O5/c1-3-26-10-6-4-9(5-7-10)17-15-18-13-12(21(15)8-11(22)23)14(24)19-16(25)20(13)2/h4-7,12-13H,3,8H2,1-2H3,(H,17,18)(H,22,23)(H,19,24,25). The van der Waals surface area contributed by atoms with E-state index in [1.54, 1.807) is 24.3 Å². The first-order valence-corrected chi connectivity index (χ1v) is 8.04. The van der Waals surface area contributed by atoms with Crippen LogP contribution in [0, 0.1) is 0 Å². The number of anilines is 1. The molecule has 1 saturated heterocycles. The van der Waals surface area contributed by atoms with E-state index in [-0.39, 0.29) is 5.96 Å². The fourth-order valence-corrected chi connectivity index (χ4v) is 2.88. The van der Waals surface area contributed by atoms with Gasteiger partial charge < -0.3 is 25.0 Å². The van der Waals surface area contributed by atoms with Crippen molar-refractivity contribution < 1.29 is 24.2 Å². The summed E-state index contributed by atoms with van der Waals surface area (Å²) in [7, 11) is 1.50. The number of carbonyl (C=O) groups excluding carboxylic acids is 2. The number of guanidine groups is 1. The number of imide groups is 1. The van der Waals surface area contributed by atoms with Gasteiger partial charge in [-0.15, -0.1) is 0 Å². The summed E-state index contributed by atoms with van der Waals surface area (Å²) in [6.07, 6.45) is -0.791. The molecule has 1 fully saturated rings. The van der Waals surface area contributed by atoms with E-state index in [0.29, 0.717) is 18.0 Å². The van der Waals surface area contributed by atoms with Crippen LogP contribution in [0.5, 0.6) is 5.75 Å². The average Bonchev–Trinajstić information content (AvgIpc) is 2.93. The second-order valence-electron chi connectivity index (χ2n) is 5.82. The Hall–Kier alpha value is -3.30. The van der Waals surface area contributed by atoms with E-state index in [4.69, 9.17) is 4.74 Å². The van der Waals surface area contributed by atoms with Gasteiger partial charge in [-0.25, -0.2) is 9.79 Å². The number of benzene rings is 1. The maximum Gasteiger partial charge on any atom is 0.325 e. The van der Waals surface area contributed by atoms with E-state index < -0.39 is 36.7 Å². The van der Waals surface area contributed by atoms with Crippen molar-refractivity contribution in [1.82, 2.24) is 15.1 Å². The number of ether oxygens (including phenoxy) is 1. The summed E-state index contributed by atoms with van der Waals surface area (Å²) in [6, 6.07) is 5.56. The van der Waals surface area contributed by atoms with Crippen LogP contribution in [-0.2, 0) is 9.59 Å². The molecular weight excluding hydrogens is 342 g/mol. The summed E-state index contributed by atoms with van der Waals surface area (Å²) in [5, 5.41) is 14.4. The van der Waals surface area contributed by atoms with Crippen LogP contribution in [0.15, 0.2) is 29.3 Å². The van der Waals surface area contributed by atoms with Gasteiger partial charge in [-0.05, 0) is 31.2 Å². The molecule has 1 aromatic carbocycles. The van der Waals surface area contributed by atoms with Crippen LogP contribution < -0.4 is 15.4 Å². The number of urea groups is 1. The maximum atomic E-state index is 12.2.